The van der Waals surface area contributed by atoms with E-state index in [0.29, 0.717) is 11.4 Å². The van der Waals surface area contributed by atoms with Crippen molar-refractivity contribution in [2.75, 3.05) is 18.0 Å². The monoisotopic (exact) mass is 223 g/mol. The molecule has 1 fully saturated rings. The van der Waals surface area contributed by atoms with Crippen LogP contribution in [0.1, 0.15) is 25.8 Å². The Morgan fingerprint density at radius 2 is 2.31 bits per heavy atom. The van der Waals surface area contributed by atoms with Gasteiger partial charge in [0.2, 0.25) is 0 Å². The largest absolute Gasteiger partial charge is 0.354 e. The van der Waals surface area contributed by atoms with Crippen LogP contribution in [0, 0.1) is 11.2 Å². The van der Waals surface area contributed by atoms with Crippen molar-refractivity contribution in [2.45, 2.75) is 26.8 Å². The molecule has 0 spiro atoms. The van der Waals surface area contributed by atoms with Crippen LogP contribution in [0.2, 0.25) is 0 Å². The quantitative estimate of drug-likeness (QED) is 0.832. The Kier molecular flexibility index (Phi) is 2.84. The Morgan fingerprint density at radius 3 is 2.88 bits per heavy atom. The first-order valence-corrected chi connectivity index (χ1v) is 5.62. The minimum atomic E-state index is -0.261. The van der Waals surface area contributed by atoms with Gasteiger partial charge in [-0.1, -0.05) is 13.8 Å². The van der Waals surface area contributed by atoms with E-state index in [4.69, 9.17) is 5.73 Å². The smallest absolute Gasteiger partial charge is 0.170 e. The molecule has 0 radical (unpaired) electrons. The third-order valence-corrected chi connectivity index (χ3v) is 3.15. The molecule has 0 saturated carbocycles. The SMILES string of the molecule is CC1(C)CCN(c2nccc(CN)c2F)C1. The van der Waals surface area contributed by atoms with Gasteiger partial charge in [0.1, 0.15) is 0 Å². The van der Waals surface area contributed by atoms with Gasteiger partial charge in [-0.25, -0.2) is 9.37 Å². The molecule has 2 N–H and O–H groups in total. The summed E-state index contributed by atoms with van der Waals surface area (Å²) in [4.78, 5) is 6.14. The minimum Gasteiger partial charge on any atom is -0.354 e. The Labute approximate surface area is 95.5 Å². The van der Waals surface area contributed by atoms with E-state index in [2.05, 4.69) is 18.8 Å². The zero-order chi connectivity index (χ0) is 11.8. The average molecular weight is 223 g/mol. The molecule has 1 aromatic heterocycles. The summed E-state index contributed by atoms with van der Waals surface area (Å²) in [6.07, 6.45) is 2.70. The van der Waals surface area contributed by atoms with Gasteiger partial charge >= 0.3 is 0 Å². The van der Waals surface area contributed by atoms with E-state index in [-0.39, 0.29) is 17.8 Å². The van der Waals surface area contributed by atoms with E-state index in [0.717, 1.165) is 19.5 Å². The molecular weight excluding hydrogens is 205 g/mol. The maximum absolute atomic E-state index is 14.0. The van der Waals surface area contributed by atoms with Gasteiger partial charge in [-0.3, -0.25) is 0 Å². The number of anilines is 1. The standard InChI is InChI=1S/C12H18FN3/c1-12(2)4-6-16(8-12)11-10(13)9(7-14)3-5-15-11/h3,5H,4,6-8,14H2,1-2H3. The molecule has 4 heteroatoms. The molecule has 0 aliphatic carbocycles. The molecule has 88 valence electrons. The molecule has 2 heterocycles. The predicted molar refractivity (Wildman–Crippen MR) is 62.7 cm³/mol. The van der Waals surface area contributed by atoms with E-state index in [1.54, 1.807) is 12.3 Å². The third kappa shape index (κ3) is 2.02. The minimum absolute atomic E-state index is 0.221. The Bertz CT molecular complexity index is 390. The van der Waals surface area contributed by atoms with Gasteiger partial charge in [0.15, 0.2) is 11.6 Å². The van der Waals surface area contributed by atoms with Crippen molar-refractivity contribution in [3.8, 4) is 0 Å². The van der Waals surface area contributed by atoms with Crippen molar-refractivity contribution in [1.29, 1.82) is 0 Å². The molecule has 16 heavy (non-hydrogen) atoms. The lowest BCUT2D eigenvalue weighted by Crippen LogP contribution is -2.25. The van der Waals surface area contributed by atoms with E-state index in [1.807, 2.05) is 4.90 Å². The van der Waals surface area contributed by atoms with Crippen molar-refractivity contribution in [3.05, 3.63) is 23.6 Å². The molecule has 1 aromatic rings. The molecule has 0 amide bonds. The molecule has 0 bridgehead atoms. The highest BCUT2D eigenvalue weighted by atomic mass is 19.1. The lowest BCUT2D eigenvalue weighted by molar-refractivity contribution is 0.418. The number of nitrogens with two attached hydrogens (primary N) is 1. The average Bonchev–Trinajstić information content (AvgIpc) is 2.59. The number of hydrogen-bond donors (Lipinski definition) is 1. The molecule has 1 aliphatic rings. The topological polar surface area (TPSA) is 42.2 Å². The van der Waals surface area contributed by atoms with Gasteiger partial charge in [-0.05, 0) is 17.9 Å². The highest BCUT2D eigenvalue weighted by molar-refractivity contribution is 5.44. The van der Waals surface area contributed by atoms with Crippen LogP contribution in [-0.2, 0) is 6.54 Å². The van der Waals surface area contributed by atoms with Gasteiger partial charge in [0.25, 0.3) is 0 Å². The molecule has 2 rings (SSSR count). The summed E-state index contributed by atoms with van der Waals surface area (Å²) in [6, 6.07) is 1.64. The third-order valence-electron chi connectivity index (χ3n) is 3.15. The summed E-state index contributed by atoms with van der Waals surface area (Å²) >= 11 is 0. The predicted octanol–water partition coefficient (Wildman–Crippen LogP) is 1.92. The molecule has 0 atom stereocenters. The summed E-state index contributed by atoms with van der Waals surface area (Å²) in [7, 11) is 0. The lowest BCUT2D eigenvalue weighted by atomic mass is 9.93. The van der Waals surface area contributed by atoms with Crippen LogP contribution in [0.15, 0.2) is 12.3 Å². The maximum atomic E-state index is 14.0. The second-order valence-electron chi connectivity index (χ2n) is 5.15. The van der Waals surface area contributed by atoms with Crippen molar-refractivity contribution in [3.63, 3.8) is 0 Å². The van der Waals surface area contributed by atoms with E-state index in [9.17, 15) is 4.39 Å². The van der Waals surface area contributed by atoms with Gasteiger partial charge in [-0.2, -0.15) is 0 Å². The van der Waals surface area contributed by atoms with Crippen molar-refractivity contribution < 1.29 is 4.39 Å². The fraction of sp³-hybridized carbons (Fsp3) is 0.583. The summed E-state index contributed by atoms with van der Waals surface area (Å²) in [5.41, 5.74) is 6.26. The van der Waals surface area contributed by atoms with Gasteiger partial charge < -0.3 is 10.6 Å². The van der Waals surface area contributed by atoms with Crippen LogP contribution in [-0.4, -0.2) is 18.1 Å². The van der Waals surface area contributed by atoms with E-state index < -0.39 is 0 Å². The van der Waals surface area contributed by atoms with Crippen LogP contribution < -0.4 is 10.6 Å². The molecule has 1 saturated heterocycles. The first-order valence-electron chi connectivity index (χ1n) is 5.62. The fourth-order valence-electron chi connectivity index (χ4n) is 2.14. The molecule has 0 unspecified atom stereocenters. The van der Waals surface area contributed by atoms with Crippen LogP contribution in [0.5, 0.6) is 0 Å². The Morgan fingerprint density at radius 1 is 1.56 bits per heavy atom. The first-order chi connectivity index (χ1) is 7.53. The first kappa shape index (κ1) is 11.3. The van der Waals surface area contributed by atoms with Crippen molar-refractivity contribution in [1.82, 2.24) is 4.98 Å². The zero-order valence-electron chi connectivity index (χ0n) is 9.83. The van der Waals surface area contributed by atoms with Gasteiger partial charge in [0.05, 0.1) is 0 Å². The number of halogens is 1. The van der Waals surface area contributed by atoms with Crippen LogP contribution in [0.3, 0.4) is 0 Å². The van der Waals surface area contributed by atoms with E-state index >= 15 is 0 Å². The zero-order valence-corrected chi connectivity index (χ0v) is 9.83. The fourth-order valence-corrected chi connectivity index (χ4v) is 2.14. The number of aromatic nitrogens is 1. The Balaban J connectivity index is 2.28. The molecule has 1 aliphatic heterocycles. The maximum Gasteiger partial charge on any atom is 0.170 e. The van der Waals surface area contributed by atoms with Crippen LogP contribution in [0.25, 0.3) is 0 Å². The van der Waals surface area contributed by atoms with Crippen LogP contribution >= 0.6 is 0 Å². The van der Waals surface area contributed by atoms with Crippen LogP contribution in [0.4, 0.5) is 10.2 Å². The van der Waals surface area contributed by atoms with E-state index in [1.165, 1.54) is 0 Å². The molecular formula is C12H18FN3. The van der Waals surface area contributed by atoms with Crippen molar-refractivity contribution in [2.24, 2.45) is 11.1 Å². The summed E-state index contributed by atoms with van der Waals surface area (Å²) in [5, 5.41) is 0. The summed E-state index contributed by atoms with van der Waals surface area (Å²) < 4.78 is 14.0. The highest BCUT2D eigenvalue weighted by Gasteiger charge is 2.31. The number of nitrogens with zero attached hydrogens (tertiary/aromatic N) is 2. The number of pyridine rings is 1. The normalized spacial score (nSPS) is 19.1. The second-order valence-corrected chi connectivity index (χ2v) is 5.15. The van der Waals surface area contributed by atoms with Crippen molar-refractivity contribution >= 4 is 5.82 Å². The summed E-state index contributed by atoms with van der Waals surface area (Å²) in [6.45, 7) is 6.32. The number of hydrogen-bond acceptors (Lipinski definition) is 3. The summed E-state index contributed by atoms with van der Waals surface area (Å²) in [5.74, 6) is 0.191. The Hall–Kier alpha value is -1.16. The second kappa shape index (κ2) is 4.01. The lowest BCUT2D eigenvalue weighted by Gasteiger charge is -2.21. The molecule has 3 nitrogen and oxygen atoms in total. The number of rotatable bonds is 2. The highest BCUT2D eigenvalue weighted by Crippen LogP contribution is 2.33. The molecule has 0 aromatic carbocycles. The van der Waals surface area contributed by atoms with Gasteiger partial charge in [0, 0.05) is 31.4 Å². The van der Waals surface area contributed by atoms with Gasteiger partial charge in [-0.15, -0.1) is 0 Å².